The van der Waals surface area contributed by atoms with E-state index in [2.05, 4.69) is 9.71 Å². The highest BCUT2D eigenvalue weighted by Crippen LogP contribution is 2.28. The van der Waals surface area contributed by atoms with Crippen molar-refractivity contribution in [2.75, 3.05) is 17.8 Å². The van der Waals surface area contributed by atoms with E-state index in [0.717, 1.165) is 10.9 Å². The van der Waals surface area contributed by atoms with E-state index in [1.54, 1.807) is 71.8 Å². The molecule has 0 radical (unpaired) electrons. The summed E-state index contributed by atoms with van der Waals surface area (Å²) >= 11 is 0. The van der Waals surface area contributed by atoms with Crippen LogP contribution in [-0.2, 0) is 16.4 Å². The lowest BCUT2D eigenvalue weighted by Gasteiger charge is -2.38. The minimum atomic E-state index is -3.89. The molecule has 190 valence electrons. The molecule has 2 heterocycles. The topological polar surface area (TPSA) is 99.6 Å². The molecule has 0 unspecified atom stereocenters. The molecule has 2 N–H and O–H groups in total. The second-order valence-electron chi connectivity index (χ2n) is 9.34. The number of para-hydroxylation sites is 1. The van der Waals surface area contributed by atoms with Gasteiger partial charge in [0.05, 0.1) is 11.1 Å². The number of sulfonamides is 1. The Morgan fingerprint density at radius 1 is 1.00 bits per heavy atom. The summed E-state index contributed by atoms with van der Waals surface area (Å²) in [4.78, 5) is 19.0. The van der Waals surface area contributed by atoms with Gasteiger partial charge in [-0.05, 0) is 66.9 Å². The molecular formula is C28H26FN3O4S. The fraction of sp³-hybridized carbons (Fsp3) is 0.214. The third kappa shape index (κ3) is 5.47. The van der Waals surface area contributed by atoms with Gasteiger partial charge in [0.15, 0.2) is 0 Å². The molecule has 0 bridgehead atoms. The number of benzene rings is 3. The molecule has 1 fully saturated rings. The summed E-state index contributed by atoms with van der Waals surface area (Å²) in [5.41, 5.74) is 0.854. The molecule has 7 nitrogen and oxygen atoms in total. The molecular weight excluding hydrogens is 493 g/mol. The zero-order valence-corrected chi connectivity index (χ0v) is 20.8. The van der Waals surface area contributed by atoms with Crippen LogP contribution in [-0.4, -0.2) is 48.0 Å². The first-order chi connectivity index (χ1) is 17.7. The standard InChI is InChI=1S/C28H26FN3O4S/c29-23-7-1-4-20(18-23)19-28(34)13-16-32(17-14-28)27(33)22-9-11-24(12-10-22)31-37(35,36)25-8-2-5-21-6-3-15-30-26(21)25/h1-12,15,18,31,34H,13-14,16-17,19H2. The lowest BCUT2D eigenvalue weighted by atomic mass is 9.85. The van der Waals surface area contributed by atoms with E-state index >= 15 is 0 Å². The molecule has 0 atom stereocenters. The molecule has 0 saturated carbocycles. The zero-order chi connectivity index (χ0) is 26.0. The molecule has 4 aromatic rings. The van der Waals surface area contributed by atoms with Crippen molar-refractivity contribution in [1.82, 2.24) is 9.88 Å². The molecule has 37 heavy (non-hydrogen) atoms. The van der Waals surface area contributed by atoms with E-state index in [9.17, 15) is 22.7 Å². The molecule has 0 spiro atoms. The third-order valence-corrected chi connectivity index (χ3v) is 8.09. The van der Waals surface area contributed by atoms with E-state index in [1.165, 1.54) is 18.2 Å². The van der Waals surface area contributed by atoms with Gasteiger partial charge in [0.25, 0.3) is 15.9 Å². The van der Waals surface area contributed by atoms with Gasteiger partial charge in [-0.2, -0.15) is 0 Å². The summed E-state index contributed by atoms with van der Waals surface area (Å²) in [6, 6.07) is 20.9. The Labute approximate surface area is 214 Å². The Hall–Kier alpha value is -3.82. The minimum absolute atomic E-state index is 0.0739. The maximum absolute atomic E-state index is 13.5. The largest absolute Gasteiger partial charge is 0.389 e. The molecule has 0 aliphatic carbocycles. The Balaban J connectivity index is 1.23. The number of likely N-dealkylation sites (tertiary alicyclic amines) is 1. The van der Waals surface area contributed by atoms with Crippen LogP contribution >= 0.6 is 0 Å². The van der Waals surface area contributed by atoms with Gasteiger partial charge in [0, 0.05) is 42.3 Å². The minimum Gasteiger partial charge on any atom is -0.389 e. The average molecular weight is 520 g/mol. The molecule has 9 heteroatoms. The number of aliphatic hydroxyl groups is 1. The molecule has 1 aliphatic rings. The normalized spacial score (nSPS) is 15.5. The fourth-order valence-corrected chi connectivity index (χ4v) is 5.94. The first-order valence-corrected chi connectivity index (χ1v) is 13.4. The van der Waals surface area contributed by atoms with Crippen LogP contribution in [0, 0.1) is 5.82 Å². The van der Waals surface area contributed by atoms with E-state index in [4.69, 9.17) is 0 Å². The number of nitrogens with one attached hydrogen (secondary N) is 1. The maximum Gasteiger partial charge on any atom is 0.264 e. The smallest absolute Gasteiger partial charge is 0.264 e. The van der Waals surface area contributed by atoms with Gasteiger partial charge in [0.1, 0.15) is 10.7 Å². The van der Waals surface area contributed by atoms with Crippen LogP contribution in [0.1, 0.15) is 28.8 Å². The number of pyridine rings is 1. The number of hydrogen-bond acceptors (Lipinski definition) is 5. The molecule has 1 amide bonds. The molecule has 1 aliphatic heterocycles. The van der Waals surface area contributed by atoms with Crippen molar-refractivity contribution in [3.05, 3.63) is 102 Å². The lowest BCUT2D eigenvalue weighted by Crippen LogP contribution is -2.47. The molecule has 3 aromatic carbocycles. The Morgan fingerprint density at radius 2 is 1.70 bits per heavy atom. The summed E-state index contributed by atoms with van der Waals surface area (Å²) < 4.78 is 42.1. The Bertz CT molecular complexity index is 1540. The van der Waals surface area contributed by atoms with Crippen molar-refractivity contribution in [3.63, 3.8) is 0 Å². The number of halogens is 1. The average Bonchev–Trinajstić information content (AvgIpc) is 2.88. The fourth-order valence-electron chi connectivity index (χ4n) is 4.70. The molecule has 5 rings (SSSR count). The summed E-state index contributed by atoms with van der Waals surface area (Å²) in [5, 5.41) is 11.7. The highest BCUT2D eigenvalue weighted by molar-refractivity contribution is 7.93. The van der Waals surface area contributed by atoms with E-state index in [0.29, 0.717) is 49.1 Å². The van der Waals surface area contributed by atoms with Gasteiger partial charge in [-0.25, -0.2) is 12.8 Å². The second-order valence-corrected chi connectivity index (χ2v) is 11.0. The van der Waals surface area contributed by atoms with Crippen molar-refractivity contribution < 1.29 is 22.7 Å². The highest BCUT2D eigenvalue weighted by atomic mass is 32.2. The van der Waals surface area contributed by atoms with Crippen molar-refractivity contribution in [2.45, 2.75) is 29.8 Å². The van der Waals surface area contributed by atoms with Gasteiger partial charge in [-0.15, -0.1) is 0 Å². The number of nitrogens with zero attached hydrogens (tertiary/aromatic N) is 2. The third-order valence-electron chi connectivity index (χ3n) is 6.67. The van der Waals surface area contributed by atoms with Crippen LogP contribution in [0.2, 0.25) is 0 Å². The number of anilines is 1. The summed E-state index contributed by atoms with van der Waals surface area (Å²) in [6.45, 7) is 0.736. The van der Waals surface area contributed by atoms with Gasteiger partial charge in [-0.3, -0.25) is 14.5 Å². The van der Waals surface area contributed by atoms with E-state index in [1.807, 2.05) is 0 Å². The van der Waals surface area contributed by atoms with Crippen molar-refractivity contribution >= 4 is 32.5 Å². The predicted octanol–water partition coefficient (Wildman–Crippen LogP) is 4.38. The first kappa shape index (κ1) is 24.9. The Kier molecular flexibility index (Phi) is 6.66. The maximum atomic E-state index is 13.5. The predicted molar refractivity (Wildman–Crippen MR) is 139 cm³/mol. The second kappa shape index (κ2) is 9.91. The van der Waals surface area contributed by atoms with E-state index < -0.39 is 15.6 Å². The number of amides is 1. The van der Waals surface area contributed by atoms with Gasteiger partial charge < -0.3 is 10.0 Å². The van der Waals surface area contributed by atoms with Crippen LogP contribution in [0.15, 0.2) is 90.0 Å². The number of hydrogen-bond donors (Lipinski definition) is 2. The molecule has 1 aromatic heterocycles. The monoisotopic (exact) mass is 519 g/mol. The van der Waals surface area contributed by atoms with E-state index in [-0.39, 0.29) is 16.6 Å². The number of carbonyl (C=O) groups is 1. The van der Waals surface area contributed by atoms with Crippen LogP contribution in [0.3, 0.4) is 0 Å². The van der Waals surface area contributed by atoms with Gasteiger partial charge in [-0.1, -0.05) is 30.3 Å². The van der Waals surface area contributed by atoms with Gasteiger partial charge >= 0.3 is 0 Å². The van der Waals surface area contributed by atoms with Crippen LogP contribution < -0.4 is 4.72 Å². The number of aromatic nitrogens is 1. The lowest BCUT2D eigenvalue weighted by molar-refractivity contribution is -0.0162. The summed E-state index contributed by atoms with van der Waals surface area (Å²) in [5.74, 6) is -0.534. The van der Waals surface area contributed by atoms with Crippen molar-refractivity contribution in [2.24, 2.45) is 0 Å². The SMILES string of the molecule is O=C(c1ccc(NS(=O)(=O)c2cccc3cccnc23)cc1)N1CCC(O)(Cc2cccc(F)c2)CC1. The number of piperidine rings is 1. The number of rotatable bonds is 6. The van der Waals surface area contributed by atoms with Gasteiger partial charge in [0.2, 0.25) is 0 Å². The summed E-state index contributed by atoms with van der Waals surface area (Å²) in [6.07, 6.45) is 2.64. The van der Waals surface area contributed by atoms with Crippen LogP contribution in [0.25, 0.3) is 10.9 Å². The molecule has 1 saturated heterocycles. The highest BCUT2D eigenvalue weighted by Gasteiger charge is 2.34. The van der Waals surface area contributed by atoms with Crippen molar-refractivity contribution in [3.8, 4) is 0 Å². The van der Waals surface area contributed by atoms with Crippen molar-refractivity contribution in [1.29, 1.82) is 0 Å². The summed E-state index contributed by atoms with van der Waals surface area (Å²) in [7, 11) is -3.89. The quantitative estimate of drug-likeness (QED) is 0.394. The first-order valence-electron chi connectivity index (χ1n) is 12.0. The Morgan fingerprint density at radius 3 is 2.43 bits per heavy atom. The number of carbonyl (C=O) groups excluding carboxylic acids is 1. The van der Waals surface area contributed by atoms with Crippen LogP contribution in [0.4, 0.5) is 10.1 Å². The van der Waals surface area contributed by atoms with Crippen LogP contribution in [0.5, 0.6) is 0 Å². The zero-order valence-electron chi connectivity index (χ0n) is 20.0. The number of fused-ring (bicyclic) bond motifs is 1.